The average Bonchev–Trinajstić information content (AvgIpc) is 2.59. The number of nitrogens with zero attached hydrogens (tertiary/aromatic N) is 1. The molecule has 100 valence electrons. The molecule has 2 atom stereocenters. The van der Waals surface area contributed by atoms with Gasteiger partial charge in [0.2, 0.25) is 0 Å². The Balaban J connectivity index is 2.76. The molecule has 1 fully saturated rings. The monoisotopic (exact) mass is 253 g/mol. The van der Waals surface area contributed by atoms with Gasteiger partial charge in [-0.1, -0.05) is 0 Å². The summed E-state index contributed by atoms with van der Waals surface area (Å²) < 4.78 is 5.20. The molecule has 1 aliphatic heterocycles. The summed E-state index contributed by atoms with van der Waals surface area (Å²) in [5.41, 5.74) is -0.635. The third-order valence-electron chi connectivity index (χ3n) is 2.71. The molecule has 5 heteroatoms. The van der Waals surface area contributed by atoms with Crippen LogP contribution in [0.4, 0.5) is 4.79 Å². The van der Waals surface area contributed by atoms with E-state index in [2.05, 4.69) is 5.92 Å². The number of hydrogen-bond donors (Lipinski definition) is 1. The second-order valence-electron chi connectivity index (χ2n) is 5.50. The molecule has 1 heterocycles. The van der Waals surface area contributed by atoms with Crippen molar-refractivity contribution in [3.8, 4) is 12.3 Å². The fraction of sp³-hybridized carbons (Fsp3) is 0.692. The zero-order valence-electron chi connectivity index (χ0n) is 11.0. The summed E-state index contributed by atoms with van der Waals surface area (Å²) in [4.78, 5) is 24.3. The summed E-state index contributed by atoms with van der Waals surface area (Å²) in [5, 5.41) is 9.12. The van der Waals surface area contributed by atoms with E-state index in [1.807, 2.05) is 0 Å². The van der Waals surface area contributed by atoms with Gasteiger partial charge in [-0.2, -0.15) is 0 Å². The lowest BCUT2D eigenvalue weighted by Gasteiger charge is -2.26. The molecule has 0 spiro atoms. The van der Waals surface area contributed by atoms with E-state index in [1.165, 1.54) is 4.90 Å². The number of hydrogen-bond acceptors (Lipinski definition) is 3. The van der Waals surface area contributed by atoms with E-state index in [9.17, 15) is 9.59 Å². The van der Waals surface area contributed by atoms with E-state index in [0.29, 0.717) is 19.4 Å². The average molecular weight is 253 g/mol. The Hall–Kier alpha value is -1.70. The zero-order chi connectivity index (χ0) is 13.9. The molecular formula is C13H19NO4. The lowest BCUT2D eigenvalue weighted by Crippen LogP contribution is -2.43. The van der Waals surface area contributed by atoms with Crippen molar-refractivity contribution in [2.24, 2.45) is 5.92 Å². The Morgan fingerprint density at radius 1 is 1.50 bits per heavy atom. The van der Waals surface area contributed by atoms with E-state index >= 15 is 0 Å². The number of carboxylic acids is 1. The first-order valence-corrected chi connectivity index (χ1v) is 5.90. The number of terminal acetylenes is 1. The van der Waals surface area contributed by atoms with Gasteiger partial charge < -0.3 is 9.84 Å². The molecule has 5 nitrogen and oxygen atoms in total. The normalized spacial score (nSPS) is 23.6. The largest absolute Gasteiger partial charge is 0.480 e. The van der Waals surface area contributed by atoms with Gasteiger partial charge in [-0.15, -0.1) is 12.3 Å². The predicted molar refractivity (Wildman–Crippen MR) is 65.9 cm³/mol. The van der Waals surface area contributed by atoms with Crippen LogP contribution in [0.15, 0.2) is 0 Å². The molecule has 18 heavy (non-hydrogen) atoms. The second-order valence-corrected chi connectivity index (χ2v) is 5.50. The Morgan fingerprint density at radius 3 is 2.56 bits per heavy atom. The maximum absolute atomic E-state index is 11.9. The van der Waals surface area contributed by atoms with Crippen LogP contribution in [0.25, 0.3) is 0 Å². The fourth-order valence-electron chi connectivity index (χ4n) is 1.99. The number of carbonyl (C=O) groups excluding carboxylic acids is 1. The quantitative estimate of drug-likeness (QED) is 0.761. The maximum Gasteiger partial charge on any atom is 0.411 e. The van der Waals surface area contributed by atoms with Crippen LogP contribution in [0.3, 0.4) is 0 Å². The van der Waals surface area contributed by atoms with Crippen LogP contribution >= 0.6 is 0 Å². The minimum Gasteiger partial charge on any atom is -0.480 e. The van der Waals surface area contributed by atoms with Gasteiger partial charge in [0.25, 0.3) is 0 Å². The van der Waals surface area contributed by atoms with Gasteiger partial charge >= 0.3 is 12.1 Å². The van der Waals surface area contributed by atoms with Crippen molar-refractivity contribution in [2.75, 3.05) is 6.54 Å². The Labute approximate surface area is 107 Å². The molecule has 0 aromatic rings. The molecule has 1 saturated heterocycles. The van der Waals surface area contributed by atoms with Crippen LogP contribution < -0.4 is 0 Å². The molecule has 1 aliphatic rings. The van der Waals surface area contributed by atoms with E-state index < -0.39 is 23.7 Å². The molecule has 0 radical (unpaired) electrons. The summed E-state index contributed by atoms with van der Waals surface area (Å²) in [5.74, 6) is 1.52. The van der Waals surface area contributed by atoms with Crippen molar-refractivity contribution in [1.82, 2.24) is 4.90 Å². The highest BCUT2D eigenvalue weighted by Crippen LogP contribution is 2.27. The van der Waals surface area contributed by atoms with Crippen molar-refractivity contribution in [1.29, 1.82) is 0 Å². The summed E-state index contributed by atoms with van der Waals surface area (Å²) in [6.07, 6.45) is 5.50. The first kappa shape index (κ1) is 14.4. The minimum absolute atomic E-state index is 0.0311. The fourth-order valence-corrected chi connectivity index (χ4v) is 1.99. The van der Waals surface area contributed by atoms with Crippen LogP contribution in [0.5, 0.6) is 0 Å². The smallest absolute Gasteiger partial charge is 0.411 e. The zero-order valence-corrected chi connectivity index (χ0v) is 11.0. The molecule has 0 aliphatic carbocycles. The molecule has 0 aromatic carbocycles. The van der Waals surface area contributed by atoms with Gasteiger partial charge in [-0.3, -0.25) is 4.90 Å². The first-order valence-electron chi connectivity index (χ1n) is 5.90. The van der Waals surface area contributed by atoms with E-state index in [0.717, 1.165) is 0 Å². The molecule has 1 rings (SSSR count). The van der Waals surface area contributed by atoms with Crippen molar-refractivity contribution in [2.45, 2.75) is 45.3 Å². The molecular weight excluding hydrogens is 234 g/mol. The lowest BCUT2D eigenvalue weighted by atomic mass is 10.0. The van der Waals surface area contributed by atoms with Crippen molar-refractivity contribution in [3.05, 3.63) is 0 Å². The Kier molecular flexibility index (Phi) is 4.23. The minimum atomic E-state index is -1.01. The van der Waals surface area contributed by atoms with Crippen LogP contribution in [0, 0.1) is 18.3 Å². The van der Waals surface area contributed by atoms with Crippen LogP contribution in [0.2, 0.25) is 0 Å². The topological polar surface area (TPSA) is 66.8 Å². The molecule has 1 amide bonds. The van der Waals surface area contributed by atoms with E-state index in [4.69, 9.17) is 16.3 Å². The number of likely N-dealkylation sites (tertiary alicyclic amines) is 1. The van der Waals surface area contributed by atoms with Gasteiger partial charge in [-0.25, -0.2) is 9.59 Å². The van der Waals surface area contributed by atoms with Crippen molar-refractivity contribution < 1.29 is 19.4 Å². The SMILES string of the molecule is C#CC[C@H]1C[C@H](C(=O)O)N(C(=O)OC(C)(C)C)C1. The van der Waals surface area contributed by atoms with Crippen molar-refractivity contribution in [3.63, 3.8) is 0 Å². The highest BCUT2D eigenvalue weighted by molar-refractivity contribution is 5.81. The first-order chi connectivity index (χ1) is 8.24. The molecule has 0 aromatic heterocycles. The molecule has 0 unspecified atom stereocenters. The summed E-state index contributed by atoms with van der Waals surface area (Å²) >= 11 is 0. The number of ether oxygens (including phenoxy) is 1. The van der Waals surface area contributed by atoms with E-state index in [-0.39, 0.29) is 5.92 Å². The summed E-state index contributed by atoms with van der Waals surface area (Å²) in [7, 11) is 0. The van der Waals surface area contributed by atoms with Gasteiger partial charge in [0.15, 0.2) is 0 Å². The lowest BCUT2D eigenvalue weighted by molar-refractivity contribution is -0.142. The number of amides is 1. The van der Waals surface area contributed by atoms with Crippen LogP contribution in [0.1, 0.15) is 33.6 Å². The van der Waals surface area contributed by atoms with Crippen LogP contribution in [-0.2, 0) is 9.53 Å². The third kappa shape index (κ3) is 3.66. The Morgan fingerprint density at radius 2 is 2.11 bits per heavy atom. The van der Waals surface area contributed by atoms with Crippen LogP contribution in [-0.4, -0.2) is 40.3 Å². The van der Waals surface area contributed by atoms with Gasteiger partial charge in [0, 0.05) is 13.0 Å². The number of carboxylic acid groups (broad SMARTS) is 1. The van der Waals surface area contributed by atoms with Gasteiger partial charge in [0.1, 0.15) is 11.6 Å². The number of carbonyl (C=O) groups is 2. The standard InChI is InChI=1S/C13H19NO4/c1-5-6-9-7-10(11(15)16)14(8-9)12(17)18-13(2,3)4/h1,9-10H,6-8H2,2-4H3,(H,15,16)/t9-,10+/m0/s1. The molecule has 0 bridgehead atoms. The van der Waals surface area contributed by atoms with Gasteiger partial charge in [0.05, 0.1) is 0 Å². The second kappa shape index (κ2) is 5.30. The third-order valence-corrected chi connectivity index (χ3v) is 2.71. The summed E-state index contributed by atoms with van der Waals surface area (Å²) in [6.45, 7) is 5.58. The molecule has 0 saturated carbocycles. The maximum atomic E-state index is 11.9. The Bertz CT molecular complexity index is 377. The molecule has 1 N–H and O–H groups in total. The predicted octanol–water partition coefficient (Wildman–Crippen LogP) is 1.72. The highest BCUT2D eigenvalue weighted by atomic mass is 16.6. The summed E-state index contributed by atoms with van der Waals surface area (Å²) in [6, 6.07) is -0.835. The number of rotatable bonds is 2. The highest BCUT2D eigenvalue weighted by Gasteiger charge is 2.41. The van der Waals surface area contributed by atoms with Crippen molar-refractivity contribution >= 4 is 12.1 Å². The number of aliphatic carboxylic acids is 1. The van der Waals surface area contributed by atoms with E-state index in [1.54, 1.807) is 20.8 Å². The van der Waals surface area contributed by atoms with Gasteiger partial charge in [-0.05, 0) is 33.1 Å².